The average Bonchev–Trinajstić information content (AvgIpc) is 3.53. The van der Waals surface area contributed by atoms with Crippen LogP contribution in [0.3, 0.4) is 0 Å². The van der Waals surface area contributed by atoms with Crippen LogP contribution in [0, 0.1) is 0 Å². The third-order valence-corrected chi connectivity index (χ3v) is 8.87. The van der Waals surface area contributed by atoms with Gasteiger partial charge in [-0.1, -0.05) is 98.0 Å². The standard InChI is InChI=1S/C32H22N2S/c1-32(2)23-11-5-3-9-21(23)29-19-16-18-27-30(20(19)15-17-24(29)32)22-10-4-7-13-26(22)34(27)31-33-25-12-6-8-14-28(25)35-31/h3-18H,1-2H3. The van der Waals surface area contributed by atoms with Crippen molar-refractivity contribution in [3.05, 3.63) is 108 Å². The quantitative estimate of drug-likeness (QED) is 0.236. The smallest absolute Gasteiger partial charge is 0.195 e. The molecule has 0 atom stereocenters. The molecule has 3 heteroatoms. The van der Waals surface area contributed by atoms with E-state index in [0.717, 1.165) is 10.6 Å². The molecule has 0 N–H and O–H groups in total. The van der Waals surface area contributed by atoms with Crippen LogP contribution in [-0.2, 0) is 5.41 Å². The van der Waals surface area contributed by atoms with Crippen LogP contribution in [0.1, 0.15) is 25.0 Å². The van der Waals surface area contributed by atoms with E-state index in [4.69, 9.17) is 4.98 Å². The number of hydrogen-bond donors (Lipinski definition) is 0. The molecule has 2 heterocycles. The number of thiazole rings is 1. The van der Waals surface area contributed by atoms with Crippen LogP contribution < -0.4 is 0 Å². The lowest BCUT2D eigenvalue weighted by atomic mass is 9.82. The van der Waals surface area contributed by atoms with E-state index >= 15 is 0 Å². The van der Waals surface area contributed by atoms with Gasteiger partial charge >= 0.3 is 0 Å². The van der Waals surface area contributed by atoms with Crippen LogP contribution in [0.5, 0.6) is 0 Å². The zero-order valence-corrected chi connectivity index (χ0v) is 20.4. The Kier molecular flexibility index (Phi) is 3.64. The zero-order chi connectivity index (χ0) is 23.3. The van der Waals surface area contributed by atoms with E-state index in [1.807, 2.05) is 0 Å². The second-order valence-corrected chi connectivity index (χ2v) is 11.0. The van der Waals surface area contributed by atoms with Crippen LogP contribution in [0.4, 0.5) is 0 Å². The van der Waals surface area contributed by atoms with E-state index in [1.54, 1.807) is 11.3 Å². The molecule has 166 valence electrons. The third-order valence-electron chi connectivity index (χ3n) is 7.85. The van der Waals surface area contributed by atoms with Crippen LogP contribution >= 0.6 is 11.3 Å². The molecule has 0 saturated carbocycles. The molecule has 0 fully saturated rings. The van der Waals surface area contributed by atoms with Crippen molar-refractivity contribution in [1.82, 2.24) is 9.55 Å². The second-order valence-electron chi connectivity index (χ2n) is 10.0. The molecule has 8 rings (SSSR count). The Bertz CT molecular complexity index is 1950. The lowest BCUT2D eigenvalue weighted by Crippen LogP contribution is -2.14. The van der Waals surface area contributed by atoms with Crippen LogP contribution in [-0.4, -0.2) is 9.55 Å². The van der Waals surface area contributed by atoms with Gasteiger partial charge in [0.25, 0.3) is 0 Å². The van der Waals surface area contributed by atoms with Crippen molar-refractivity contribution < 1.29 is 0 Å². The van der Waals surface area contributed by atoms with Gasteiger partial charge in [-0.3, -0.25) is 4.57 Å². The molecule has 0 spiro atoms. The number of fused-ring (bicyclic) bond motifs is 10. The summed E-state index contributed by atoms with van der Waals surface area (Å²) in [5, 5.41) is 6.25. The van der Waals surface area contributed by atoms with Gasteiger partial charge in [-0.2, -0.15) is 0 Å². The van der Waals surface area contributed by atoms with Crippen molar-refractivity contribution >= 4 is 54.1 Å². The summed E-state index contributed by atoms with van der Waals surface area (Å²) in [5.74, 6) is 0. The van der Waals surface area contributed by atoms with Crippen LogP contribution in [0.2, 0.25) is 0 Å². The maximum absolute atomic E-state index is 5.02. The molecule has 2 aromatic heterocycles. The molecular weight excluding hydrogens is 444 g/mol. The van der Waals surface area contributed by atoms with E-state index in [9.17, 15) is 0 Å². The SMILES string of the molecule is CC1(C)c2ccccc2-c2c1ccc1c2ccc2c1c1ccccc1n2-c1nc2ccccc2s1. The molecule has 0 amide bonds. The molecule has 0 saturated heterocycles. The summed E-state index contributed by atoms with van der Waals surface area (Å²) in [4.78, 5) is 5.02. The summed E-state index contributed by atoms with van der Waals surface area (Å²) in [6.45, 7) is 4.70. The Morgan fingerprint density at radius 3 is 2.34 bits per heavy atom. The largest absolute Gasteiger partial charge is 0.285 e. The molecule has 1 aliphatic carbocycles. The first-order chi connectivity index (χ1) is 17.1. The van der Waals surface area contributed by atoms with Crippen molar-refractivity contribution in [2.45, 2.75) is 19.3 Å². The fourth-order valence-corrected chi connectivity index (χ4v) is 7.23. The molecule has 0 aliphatic heterocycles. The van der Waals surface area contributed by atoms with Crippen molar-refractivity contribution in [2.24, 2.45) is 0 Å². The van der Waals surface area contributed by atoms with Gasteiger partial charge in [-0.05, 0) is 57.3 Å². The van der Waals surface area contributed by atoms with E-state index in [1.165, 1.54) is 59.5 Å². The van der Waals surface area contributed by atoms with Crippen LogP contribution in [0.25, 0.3) is 59.1 Å². The fraction of sp³-hybridized carbons (Fsp3) is 0.0938. The van der Waals surface area contributed by atoms with Gasteiger partial charge in [-0.25, -0.2) is 4.98 Å². The Hall–Kier alpha value is -3.95. The highest BCUT2D eigenvalue weighted by Gasteiger charge is 2.36. The van der Waals surface area contributed by atoms with Crippen molar-refractivity contribution in [3.8, 4) is 16.3 Å². The number of benzene rings is 5. The number of para-hydroxylation sites is 2. The number of hydrogen-bond acceptors (Lipinski definition) is 2. The monoisotopic (exact) mass is 466 g/mol. The highest BCUT2D eigenvalue weighted by molar-refractivity contribution is 7.20. The van der Waals surface area contributed by atoms with Crippen molar-refractivity contribution in [1.29, 1.82) is 0 Å². The van der Waals surface area contributed by atoms with Crippen LogP contribution in [0.15, 0.2) is 97.1 Å². The second kappa shape index (κ2) is 6.59. The summed E-state index contributed by atoms with van der Waals surface area (Å²) in [6.07, 6.45) is 0. The Morgan fingerprint density at radius 2 is 1.43 bits per heavy atom. The summed E-state index contributed by atoms with van der Waals surface area (Å²) >= 11 is 1.75. The summed E-state index contributed by atoms with van der Waals surface area (Å²) in [6, 6.07) is 35.4. The number of aromatic nitrogens is 2. The first-order valence-electron chi connectivity index (χ1n) is 12.1. The Balaban J connectivity index is 1.53. The van der Waals surface area contributed by atoms with Gasteiger partial charge in [0.15, 0.2) is 5.13 Å². The Morgan fingerprint density at radius 1 is 0.657 bits per heavy atom. The van der Waals surface area contributed by atoms with Gasteiger partial charge in [0.1, 0.15) is 0 Å². The van der Waals surface area contributed by atoms with Gasteiger partial charge in [0.2, 0.25) is 0 Å². The van der Waals surface area contributed by atoms with Gasteiger partial charge in [-0.15, -0.1) is 0 Å². The maximum atomic E-state index is 5.02. The predicted molar refractivity (Wildman–Crippen MR) is 149 cm³/mol. The van der Waals surface area contributed by atoms with Gasteiger partial charge in [0.05, 0.1) is 21.3 Å². The highest BCUT2D eigenvalue weighted by Crippen LogP contribution is 2.52. The molecule has 0 radical (unpaired) electrons. The lowest BCUT2D eigenvalue weighted by Gasteiger charge is -2.21. The highest BCUT2D eigenvalue weighted by atomic mass is 32.1. The van der Waals surface area contributed by atoms with Gasteiger partial charge in [0, 0.05) is 16.2 Å². The average molecular weight is 467 g/mol. The first kappa shape index (κ1) is 19.4. The molecule has 2 nitrogen and oxygen atoms in total. The summed E-state index contributed by atoms with van der Waals surface area (Å²) < 4.78 is 3.56. The molecular formula is C32H22N2S. The zero-order valence-electron chi connectivity index (χ0n) is 19.5. The summed E-state index contributed by atoms with van der Waals surface area (Å²) in [5.41, 5.74) is 9.06. The van der Waals surface area contributed by atoms with Crippen molar-refractivity contribution in [3.63, 3.8) is 0 Å². The van der Waals surface area contributed by atoms with E-state index in [2.05, 4.69) is 115 Å². The minimum absolute atomic E-state index is 0.00404. The minimum atomic E-state index is 0.00404. The van der Waals surface area contributed by atoms with Crippen molar-refractivity contribution in [2.75, 3.05) is 0 Å². The third kappa shape index (κ3) is 2.41. The Labute approximate surface area is 207 Å². The normalized spacial score (nSPS) is 14.2. The maximum Gasteiger partial charge on any atom is 0.195 e. The molecule has 5 aromatic carbocycles. The molecule has 0 bridgehead atoms. The van der Waals surface area contributed by atoms with Gasteiger partial charge < -0.3 is 0 Å². The number of rotatable bonds is 1. The van der Waals surface area contributed by atoms with E-state index < -0.39 is 0 Å². The molecule has 0 unspecified atom stereocenters. The lowest BCUT2D eigenvalue weighted by molar-refractivity contribution is 0.661. The fourth-order valence-electron chi connectivity index (χ4n) is 6.24. The predicted octanol–water partition coefficient (Wildman–Crippen LogP) is 8.85. The van der Waals surface area contributed by atoms with E-state index in [-0.39, 0.29) is 5.41 Å². The first-order valence-corrected chi connectivity index (χ1v) is 12.9. The van der Waals surface area contributed by atoms with E-state index in [0.29, 0.717) is 0 Å². The molecule has 1 aliphatic rings. The molecule has 35 heavy (non-hydrogen) atoms. The molecule has 7 aromatic rings. The summed E-state index contributed by atoms with van der Waals surface area (Å²) in [7, 11) is 0. The number of nitrogens with zero attached hydrogens (tertiary/aromatic N) is 2. The minimum Gasteiger partial charge on any atom is -0.285 e. The topological polar surface area (TPSA) is 17.8 Å².